The second-order valence-electron chi connectivity index (χ2n) is 5.89. The average Bonchev–Trinajstić information content (AvgIpc) is 3.07. The Morgan fingerprint density at radius 1 is 1.26 bits per heavy atom. The molecule has 0 atom stereocenters. The van der Waals surface area contributed by atoms with Gasteiger partial charge < -0.3 is 10.1 Å². The third-order valence-electron chi connectivity index (χ3n) is 4.30. The minimum atomic E-state index is -1.08. The number of carboxylic acid groups (broad SMARTS) is 1. The maximum Gasteiger partial charge on any atom is 0.414 e. The van der Waals surface area contributed by atoms with Gasteiger partial charge in [0.05, 0.1) is 16.6 Å². The third-order valence-corrected chi connectivity index (χ3v) is 4.90. The summed E-state index contributed by atoms with van der Waals surface area (Å²) in [5.41, 5.74) is 2.40. The molecule has 0 aliphatic heterocycles. The van der Waals surface area contributed by atoms with Crippen LogP contribution in [0.15, 0.2) is 45.7 Å². The number of amides is 1. The monoisotopic (exact) mass is 427 g/mol. The van der Waals surface area contributed by atoms with Crippen LogP contribution in [-0.2, 0) is 0 Å². The van der Waals surface area contributed by atoms with E-state index in [0.29, 0.717) is 26.6 Å². The summed E-state index contributed by atoms with van der Waals surface area (Å²) in [5, 5.41) is 17.3. The smallest absolute Gasteiger partial charge is 0.414 e. The Kier molecular flexibility index (Phi) is 4.15. The van der Waals surface area contributed by atoms with Gasteiger partial charge >= 0.3 is 6.09 Å². The van der Waals surface area contributed by atoms with E-state index in [-0.39, 0.29) is 18.1 Å². The van der Waals surface area contributed by atoms with E-state index in [1.54, 1.807) is 19.1 Å². The van der Waals surface area contributed by atoms with Crippen molar-refractivity contribution in [2.75, 3.05) is 11.4 Å². The zero-order chi connectivity index (χ0) is 19.1. The molecule has 9 heteroatoms. The number of hydrogen-bond donors (Lipinski definition) is 3. The first-order valence-corrected chi connectivity index (χ1v) is 8.96. The minimum Gasteiger partial charge on any atom is -0.465 e. The first-order valence-electron chi connectivity index (χ1n) is 8.17. The van der Waals surface area contributed by atoms with E-state index in [9.17, 15) is 14.7 Å². The van der Waals surface area contributed by atoms with Gasteiger partial charge in [0.1, 0.15) is 5.52 Å². The van der Waals surface area contributed by atoms with E-state index < -0.39 is 6.09 Å². The second-order valence-corrected chi connectivity index (χ2v) is 6.74. The van der Waals surface area contributed by atoms with Crippen LogP contribution in [0.25, 0.3) is 33.1 Å². The van der Waals surface area contributed by atoms with Gasteiger partial charge in [0, 0.05) is 22.0 Å². The quantitative estimate of drug-likeness (QED) is 0.460. The van der Waals surface area contributed by atoms with Crippen molar-refractivity contribution in [3.63, 3.8) is 0 Å². The molecule has 2 aromatic heterocycles. The van der Waals surface area contributed by atoms with Crippen molar-refractivity contribution in [3.8, 4) is 11.3 Å². The maximum absolute atomic E-state index is 12.0. The van der Waals surface area contributed by atoms with Gasteiger partial charge in [0.2, 0.25) is 5.95 Å². The summed E-state index contributed by atoms with van der Waals surface area (Å²) in [6.45, 7) is 2.00. The SMILES string of the molecule is CCN(C(=O)O)c1nc2c(Br)cc(-c3n[nH]c(=O)c4ccccc34)cc2[nH]1. The highest BCUT2D eigenvalue weighted by molar-refractivity contribution is 9.10. The Morgan fingerprint density at radius 2 is 2.00 bits per heavy atom. The molecule has 1 amide bonds. The highest BCUT2D eigenvalue weighted by Gasteiger charge is 2.18. The van der Waals surface area contributed by atoms with E-state index in [1.807, 2.05) is 24.3 Å². The van der Waals surface area contributed by atoms with E-state index >= 15 is 0 Å². The lowest BCUT2D eigenvalue weighted by Gasteiger charge is -2.12. The molecule has 27 heavy (non-hydrogen) atoms. The molecule has 0 fully saturated rings. The molecule has 8 nitrogen and oxygen atoms in total. The standard InChI is InChI=1S/C18H14BrN5O3/c1-2-24(18(26)27)17-20-13-8-9(7-12(19)15(13)21-17)14-10-5-3-4-6-11(10)16(25)23-22-14/h3-8H,2H2,1H3,(H,20,21)(H,23,25)(H,26,27). The second kappa shape index (κ2) is 6.51. The van der Waals surface area contributed by atoms with Gasteiger partial charge in [-0.15, -0.1) is 0 Å². The molecule has 136 valence electrons. The molecule has 2 heterocycles. The van der Waals surface area contributed by atoms with Crippen molar-refractivity contribution in [3.05, 3.63) is 51.2 Å². The van der Waals surface area contributed by atoms with E-state index in [2.05, 4.69) is 36.1 Å². The summed E-state index contributed by atoms with van der Waals surface area (Å²) in [6, 6.07) is 10.9. The molecule has 3 N–H and O–H groups in total. The zero-order valence-electron chi connectivity index (χ0n) is 14.2. The van der Waals surface area contributed by atoms with Crippen LogP contribution in [-0.4, -0.2) is 37.9 Å². The van der Waals surface area contributed by atoms with Crippen LogP contribution in [0.1, 0.15) is 6.92 Å². The summed E-state index contributed by atoms with van der Waals surface area (Å²) in [4.78, 5) is 31.9. The van der Waals surface area contributed by atoms with Crippen LogP contribution in [0, 0.1) is 0 Å². The predicted molar refractivity (Wildman–Crippen MR) is 106 cm³/mol. The number of nitrogens with one attached hydrogen (secondary N) is 2. The number of hydrogen-bond acceptors (Lipinski definition) is 4. The Balaban J connectivity index is 1.93. The number of halogens is 1. The van der Waals surface area contributed by atoms with Gasteiger partial charge in [-0.1, -0.05) is 18.2 Å². The van der Waals surface area contributed by atoms with Crippen molar-refractivity contribution in [1.29, 1.82) is 0 Å². The molecule has 0 saturated heterocycles. The molecular weight excluding hydrogens is 414 g/mol. The first kappa shape index (κ1) is 17.2. The van der Waals surface area contributed by atoms with Gasteiger partial charge in [-0.25, -0.2) is 19.8 Å². The number of nitrogens with zero attached hydrogens (tertiary/aromatic N) is 3. The number of benzene rings is 2. The lowest BCUT2D eigenvalue weighted by molar-refractivity contribution is 0.202. The topological polar surface area (TPSA) is 115 Å². The molecular formula is C18H14BrN5O3. The summed E-state index contributed by atoms with van der Waals surface area (Å²) >= 11 is 3.50. The van der Waals surface area contributed by atoms with Crippen LogP contribution in [0.3, 0.4) is 0 Å². The van der Waals surface area contributed by atoms with Crippen LogP contribution < -0.4 is 10.5 Å². The number of imidazole rings is 1. The fourth-order valence-electron chi connectivity index (χ4n) is 3.04. The molecule has 4 rings (SSSR count). The van der Waals surface area contributed by atoms with Gasteiger partial charge in [-0.05, 0) is 41.1 Å². The molecule has 0 spiro atoms. The molecule has 0 aliphatic carbocycles. The highest BCUT2D eigenvalue weighted by atomic mass is 79.9. The zero-order valence-corrected chi connectivity index (χ0v) is 15.7. The number of fused-ring (bicyclic) bond motifs is 2. The summed E-state index contributed by atoms with van der Waals surface area (Å²) < 4.78 is 0.691. The number of rotatable bonds is 3. The summed E-state index contributed by atoms with van der Waals surface area (Å²) in [7, 11) is 0. The Morgan fingerprint density at radius 3 is 2.70 bits per heavy atom. The van der Waals surface area contributed by atoms with Gasteiger partial charge in [0.25, 0.3) is 5.56 Å². The Bertz CT molecular complexity index is 1250. The van der Waals surface area contributed by atoms with E-state index in [4.69, 9.17) is 0 Å². The van der Waals surface area contributed by atoms with Gasteiger partial charge in [-0.2, -0.15) is 5.10 Å². The number of aromatic nitrogens is 4. The number of anilines is 1. The molecule has 0 bridgehead atoms. The van der Waals surface area contributed by atoms with Crippen LogP contribution >= 0.6 is 15.9 Å². The van der Waals surface area contributed by atoms with E-state index in [0.717, 1.165) is 15.8 Å². The maximum atomic E-state index is 12.0. The number of H-pyrrole nitrogens is 2. The molecule has 0 saturated carbocycles. The van der Waals surface area contributed by atoms with Crippen LogP contribution in [0.5, 0.6) is 0 Å². The lowest BCUT2D eigenvalue weighted by atomic mass is 10.0. The number of carbonyl (C=O) groups is 1. The summed E-state index contributed by atoms with van der Waals surface area (Å²) in [6.07, 6.45) is -1.08. The largest absolute Gasteiger partial charge is 0.465 e. The Hall–Kier alpha value is -3.20. The van der Waals surface area contributed by atoms with Crippen molar-refractivity contribution in [1.82, 2.24) is 20.2 Å². The average molecular weight is 428 g/mol. The fourth-order valence-corrected chi connectivity index (χ4v) is 3.59. The van der Waals surface area contributed by atoms with Gasteiger partial charge in [-0.3, -0.25) is 4.79 Å². The van der Waals surface area contributed by atoms with Crippen molar-refractivity contribution < 1.29 is 9.90 Å². The van der Waals surface area contributed by atoms with Crippen LogP contribution in [0.2, 0.25) is 0 Å². The predicted octanol–water partition coefficient (Wildman–Crippen LogP) is 3.73. The summed E-state index contributed by atoms with van der Waals surface area (Å²) in [5.74, 6) is 0.247. The molecule has 0 unspecified atom stereocenters. The molecule has 2 aromatic carbocycles. The van der Waals surface area contributed by atoms with E-state index in [1.165, 1.54) is 0 Å². The molecule has 4 aromatic rings. The van der Waals surface area contributed by atoms with Crippen LogP contribution in [0.4, 0.5) is 10.7 Å². The van der Waals surface area contributed by atoms with Crippen molar-refractivity contribution >= 4 is 49.8 Å². The number of aromatic amines is 2. The van der Waals surface area contributed by atoms with Gasteiger partial charge in [0.15, 0.2) is 0 Å². The molecule has 0 radical (unpaired) electrons. The Labute approximate surface area is 161 Å². The highest BCUT2D eigenvalue weighted by Crippen LogP contribution is 2.32. The third kappa shape index (κ3) is 2.85. The van der Waals surface area contributed by atoms with Crippen molar-refractivity contribution in [2.24, 2.45) is 0 Å². The molecule has 0 aliphatic rings. The normalized spacial score (nSPS) is 11.2. The minimum absolute atomic E-state index is 0.247. The fraction of sp³-hybridized carbons (Fsp3) is 0.111. The lowest BCUT2D eigenvalue weighted by Crippen LogP contribution is -2.29. The van der Waals surface area contributed by atoms with Crippen molar-refractivity contribution in [2.45, 2.75) is 6.92 Å². The first-order chi connectivity index (χ1) is 13.0.